The van der Waals surface area contributed by atoms with Crippen LogP contribution in [0.3, 0.4) is 0 Å². The molecule has 20 heavy (non-hydrogen) atoms. The van der Waals surface area contributed by atoms with Crippen molar-refractivity contribution < 1.29 is 4.74 Å². The Kier molecular flexibility index (Phi) is 5.26. The van der Waals surface area contributed by atoms with Crippen LogP contribution in [0.2, 0.25) is 0 Å². The fourth-order valence-corrected chi connectivity index (χ4v) is 3.28. The van der Waals surface area contributed by atoms with Crippen LogP contribution in [-0.2, 0) is 11.3 Å². The largest absolute Gasteiger partial charge is 0.382 e. The number of hydrogen-bond acceptors (Lipinski definition) is 5. The van der Waals surface area contributed by atoms with Gasteiger partial charge in [0.1, 0.15) is 11.8 Å². The number of nitrogen functional groups attached to an aromatic ring is 1. The summed E-state index contributed by atoms with van der Waals surface area (Å²) in [6, 6.07) is 0. The first-order valence-corrected chi connectivity index (χ1v) is 8.80. The molecule has 2 aromatic heterocycles. The molecule has 110 valence electrons. The lowest BCUT2D eigenvalue weighted by Gasteiger charge is -2.18. The van der Waals surface area contributed by atoms with Crippen LogP contribution in [0.25, 0.3) is 11.2 Å². The average molecular weight is 295 g/mol. The fourth-order valence-electron chi connectivity index (χ4n) is 2.00. The van der Waals surface area contributed by atoms with Crippen molar-refractivity contribution in [2.24, 2.45) is 0 Å². The molecule has 2 aromatic rings. The van der Waals surface area contributed by atoms with E-state index in [0.717, 1.165) is 18.5 Å². The van der Waals surface area contributed by atoms with E-state index in [0.29, 0.717) is 11.3 Å². The monoisotopic (exact) mass is 295 g/mol. The molecule has 0 aromatic carbocycles. The third-order valence-corrected chi connectivity index (χ3v) is 5.62. The minimum Gasteiger partial charge on any atom is -0.382 e. The summed E-state index contributed by atoms with van der Waals surface area (Å²) in [5.41, 5.74) is 7.20. The zero-order valence-electron chi connectivity index (χ0n) is 12.3. The summed E-state index contributed by atoms with van der Waals surface area (Å²) in [4.78, 5) is 12.4. The summed E-state index contributed by atoms with van der Waals surface area (Å²) >= 11 is 0. The fraction of sp³-hybridized carbons (Fsp3) is 0.615. The van der Waals surface area contributed by atoms with Gasteiger partial charge in [-0.15, -0.1) is 0 Å². The number of ether oxygens (including phenoxy) is 1. The Morgan fingerprint density at radius 1 is 1.30 bits per heavy atom. The maximum absolute atomic E-state index is 5.94. The van der Waals surface area contributed by atoms with E-state index in [9.17, 15) is 0 Å². The van der Waals surface area contributed by atoms with Crippen molar-refractivity contribution in [3.05, 3.63) is 12.7 Å². The standard InChI is InChI=1S/C13H22N5OP/c1-4-20(5-2)9-19-10(3)6-18-8-17-11-12(14)15-7-16-13(11)18/h7-8,10H,4-6,9H2,1-3H3,(H2,14,15,16)/t10-/m1/s1. The van der Waals surface area contributed by atoms with Gasteiger partial charge in [0.25, 0.3) is 0 Å². The van der Waals surface area contributed by atoms with Gasteiger partial charge in [-0.25, -0.2) is 15.0 Å². The Bertz CT molecular complexity index is 555. The Balaban J connectivity index is 1.99. The van der Waals surface area contributed by atoms with Gasteiger partial charge >= 0.3 is 0 Å². The van der Waals surface area contributed by atoms with Crippen molar-refractivity contribution in [2.75, 3.05) is 24.4 Å². The van der Waals surface area contributed by atoms with E-state index in [1.807, 2.05) is 4.57 Å². The molecule has 0 saturated heterocycles. The molecule has 2 rings (SSSR count). The topological polar surface area (TPSA) is 78.9 Å². The molecular weight excluding hydrogens is 273 g/mol. The summed E-state index contributed by atoms with van der Waals surface area (Å²) in [5.74, 6) is 0.419. The SMILES string of the molecule is CCP(CC)CO[C@H](C)Cn1cnc2c(N)ncnc21. The van der Waals surface area contributed by atoms with E-state index in [4.69, 9.17) is 10.5 Å². The molecule has 0 saturated carbocycles. The molecule has 0 radical (unpaired) electrons. The molecule has 0 spiro atoms. The molecule has 0 aliphatic rings. The number of nitrogens with zero attached hydrogens (tertiary/aromatic N) is 4. The molecule has 0 aliphatic carbocycles. The van der Waals surface area contributed by atoms with Gasteiger partial charge in [0, 0.05) is 0 Å². The summed E-state index contributed by atoms with van der Waals surface area (Å²) in [7, 11) is 0.0156. The van der Waals surface area contributed by atoms with Crippen LogP contribution in [0, 0.1) is 0 Å². The summed E-state index contributed by atoms with van der Waals surface area (Å²) in [6.45, 7) is 7.26. The van der Waals surface area contributed by atoms with Crippen molar-refractivity contribution in [1.82, 2.24) is 19.5 Å². The van der Waals surface area contributed by atoms with Crippen molar-refractivity contribution >= 4 is 24.9 Å². The normalized spacial score (nSPS) is 13.2. The maximum Gasteiger partial charge on any atom is 0.165 e. The van der Waals surface area contributed by atoms with Crippen molar-refractivity contribution in [3.8, 4) is 0 Å². The molecule has 2 N–H and O–H groups in total. The van der Waals surface area contributed by atoms with Crippen molar-refractivity contribution in [3.63, 3.8) is 0 Å². The quantitative estimate of drug-likeness (QED) is 0.793. The van der Waals surface area contributed by atoms with E-state index in [-0.39, 0.29) is 14.0 Å². The Morgan fingerprint density at radius 2 is 2.05 bits per heavy atom. The van der Waals surface area contributed by atoms with Gasteiger partial charge in [0.15, 0.2) is 11.5 Å². The smallest absolute Gasteiger partial charge is 0.165 e. The Hall–Kier alpha value is -1.26. The van der Waals surface area contributed by atoms with Crippen LogP contribution in [0.1, 0.15) is 20.8 Å². The zero-order chi connectivity index (χ0) is 14.5. The number of aromatic nitrogens is 4. The average Bonchev–Trinajstić information content (AvgIpc) is 2.85. The van der Waals surface area contributed by atoms with E-state index >= 15 is 0 Å². The number of imidazole rings is 1. The van der Waals surface area contributed by atoms with Crippen molar-refractivity contribution in [1.29, 1.82) is 0 Å². The highest BCUT2D eigenvalue weighted by atomic mass is 31.1. The molecular formula is C13H22N5OP. The summed E-state index contributed by atoms with van der Waals surface area (Å²) in [5, 5.41) is 0. The van der Waals surface area contributed by atoms with E-state index in [1.54, 1.807) is 6.33 Å². The summed E-state index contributed by atoms with van der Waals surface area (Å²) < 4.78 is 7.91. The van der Waals surface area contributed by atoms with Crippen LogP contribution in [0.15, 0.2) is 12.7 Å². The second-order valence-corrected chi connectivity index (χ2v) is 7.60. The molecule has 6 nitrogen and oxygen atoms in total. The van der Waals surface area contributed by atoms with Crippen LogP contribution in [0.4, 0.5) is 5.82 Å². The van der Waals surface area contributed by atoms with E-state index in [1.165, 1.54) is 18.7 Å². The van der Waals surface area contributed by atoms with Crippen LogP contribution in [0.5, 0.6) is 0 Å². The molecule has 0 aliphatic heterocycles. The van der Waals surface area contributed by atoms with Gasteiger partial charge in [-0.05, 0) is 19.2 Å². The minimum atomic E-state index is 0.0156. The third kappa shape index (κ3) is 3.44. The van der Waals surface area contributed by atoms with Crippen LogP contribution >= 0.6 is 7.92 Å². The number of hydrogen-bond donors (Lipinski definition) is 1. The number of rotatable bonds is 7. The Morgan fingerprint density at radius 3 is 2.75 bits per heavy atom. The predicted octanol–water partition coefficient (Wildman–Crippen LogP) is 2.29. The molecule has 7 heteroatoms. The second-order valence-electron chi connectivity index (χ2n) is 4.74. The van der Waals surface area contributed by atoms with Crippen LogP contribution < -0.4 is 5.73 Å². The molecule has 0 fully saturated rings. The van der Waals surface area contributed by atoms with Gasteiger partial charge in [-0.3, -0.25) is 0 Å². The lowest BCUT2D eigenvalue weighted by atomic mass is 10.4. The first-order valence-electron chi connectivity index (χ1n) is 6.90. The zero-order valence-corrected chi connectivity index (χ0v) is 13.2. The maximum atomic E-state index is 5.94. The molecule has 0 unspecified atom stereocenters. The molecule has 1 atom stereocenters. The highest BCUT2D eigenvalue weighted by molar-refractivity contribution is 7.57. The lowest BCUT2D eigenvalue weighted by molar-refractivity contribution is 0.0892. The number of fused-ring (bicyclic) bond motifs is 1. The Labute approximate surface area is 120 Å². The van der Waals surface area contributed by atoms with Gasteiger partial charge in [0.2, 0.25) is 0 Å². The minimum absolute atomic E-state index is 0.0156. The molecule has 0 bridgehead atoms. The van der Waals surface area contributed by atoms with E-state index < -0.39 is 0 Å². The molecule has 0 amide bonds. The lowest BCUT2D eigenvalue weighted by Crippen LogP contribution is -2.17. The number of anilines is 1. The molecule has 2 heterocycles. The van der Waals surface area contributed by atoms with Crippen LogP contribution in [-0.4, -0.2) is 44.3 Å². The van der Waals surface area contributed by atoms with E-state index in [2.05, 4.69) is 35.7 Å². The third-order valence-electron chi connectivity index (χ3n) is 3.32. The van der Waals surface area contributed by atoms with Gasteiger partial charge in [-0.2, -0.15) is 0 Å². The highest BCUT2D eigenvalue weighted by Gasteiger charge is 2.12. The number of nitrogens with two attached hydrogens (primary N) is 1. The predicted molar refractivity (Wildman–Crippen MR) is 83.2 cm³/mol. The first-order chi connectivity index (χ1) is 9.65. The van der Waals surface area contributed by atoms with Gasteiger partial charge in [-0.1, -0.05) is 21.8 Å². The summed E-state index contributed by atoms with van der Waals surface area (Å²) in [6.07, 6.45) is 6.65. The van der Waals surface area contributed by atoms with Crippen molar-refractivity contribution in [2.45, 2.75) is 33.4 Å². The second kappa shape index (κ2) is 6.95. The highest BCUT2D eigenvalue weighted by Crippen LogP contribution is 2.34. The first kappa shape index (κ1) is 15.1. The van der Waals surface area contributed by atoms with Gasteiger partial charge in [0.05, 0.1) is 25.3 Å². The van der Waals surface area contributed by atoms with Gasteiger partial charge < -0.3 is 15.0 Å².